The topological polar surface area (TPSA) is 66.5 Å². The average molecular weight is 488 g/mol. The van der Waals surface area contributed by atoms with Crippen LogP contribution in [0.15, 0.2) is 54.3 Å². The SMILES string of the molecule is COc1ccc(CCN2COc3cc(C)c4c(c3C2)O/C(=C/c2cccc(OC)c2OC)C4=O)cc1. The van der Waals surface area contributed by atoms with Crippen LogP contribution in [0.3, 0.4) is 0 Å². The fraction of sp³-hybridized carbons (Fsp3) is 0.276. The molecule has 0 saturated heterocycles. The van der Waals surface area contributed by atoms with Gasteiger partial charge in [0.1, 0.15) is 24.0 Å². The van der Waals surface area contributed by atoms with Gasteiger partial charge < -0.3 is 23.7 Å². The summed E-state index contributed by atoms with van der Waals surface area (Å²) in [7, 11) is 4.82. The number of Topliss-reactive ketones (excluding diaryl/α,β-unsaturated/α-hetero) is 1. The van der Waals surface area contributed by atoms with E-state index in [-0.39, 0.29) is 11.5 Å². The molecule has 0 N–H and O–H groups in total. The Hall–Kier alpha value is -3.97. The molecule has 3 aromatic carbocycles. The van der Waals surface area contributed by atoms with E-state index in [9.17, 15) is 4.79 Å². The molecule has 7 heteroatoms. The van der Waals surface area contributed by atoms with E-state index in [4.69, 9.17) is 23.7 Å². The number of allylic oxidation sites excluding steroid dienone is 1. The Morgan fingerprint density at radius 3 is 2.56 bits per heavy atom. The van der Waals surface area contributed by atoms with E-state index in [1.807, 2.05) is 43.3 Å². The molecule has 0 radical (unpaired) electrons. The van der Waals surface area contributed by atoms with Gasteiger partial charge in [0.25, 0.3) is 0 Å². The molecule has 0 unspecified atom stereocenters. The number of aryl methyl sites for hydroxylation is 1. The molecule has 186 valence electrons. The molecule has 0 bridgehead atoms. The number of ether oxygens (including phenoxy) is 5. The molecule has 36 heavy (non-hydrogen) atoms. The van der Waals surface area contributed by atoms with Gasteiger partial charge in [-0.25, -0.2) is 0 Å². The van der Waals surface area contributed by atoms with Crippen LogP contribution in [0, 0.1) is 6.92 Å². The Kier molecular flexibility index (Phi) is 6.57. The zero-order valence-electron chi connectivity index (χ0n) is 20.9. The number of rotatable bonds is 7. The number of para-hydroxylation sites is 1. The smallest absolute Gasteiger partial charge is 0.232 e. The van der Waals surface area contributed by atoms with Crippen LogP contribution in [-0.2, 0) is 13.0 Å². The minimum atomic E-state index is -0.148. The van der Waals surface area contributed by atoms with Crippen molar-refractivity contribution in [2.75, 3.05) is 34.6 Å². The Morgan fingerprint density at radius 2 is 1.83 bits per heavy atom. The van der Waals surface area contributed by atoms with Gasteiger partial charge in [-0.15, -0.1) is 0 Å². The van der Waals surface area contributed by atoms with Crippen molar-refractivity contribution in [3.63, 3.8) is 0 Å². The molecule has 2 heterocycles. The third-order valence-corrected chi connectivity index (χ3v) is 6.58. The van der Waals surface area contributed by atoms with Crippen molar-refractivity contribution in [2.24, 2.45) is 0 Å². The first-order chi connectivity index (χ1) is 17.5. The Morgan fingerprint density at radius 1 is 1.03 bits per heavy atom. The van der Waals surface area contributed by atoms with Crippen LogP contribution < -0.4 is 23.7 Å². The average Bonchev–Trinajstić information content (AvgIpc) is 3.24. The summed E-state index contributed by atoms with van der Waals surface area (Å²) in [6.45, 7) is 3.84. The predicted octanol–water partition coefficient (Wildman–Crippen LogP) is 5.03. The molecular weight excluding hydrogens is 458 g/mol. The number of fused-ring (bicyclic) bond motifs is 3. The summed E-state index contributed by atoms with van der Waals surface area (Å²) in [5.41, 5.74) is 4.24. The molecule has 0 aliphatic carbocycles. The predicted molar refractivity (Wildman–Crippen MR) is 136 cm³/mol. The maximum Gasteiger partial charge on any atom is 0.232 e. The lowest BCUT2D eigenvalue weighted by molar-refractivity contribution is 0.0949. The highest BCUT2D eigenvalue weighted by molar-refractivity contribution is 6.16. The Bertz CT molecular complexity index is 1330. The summed E-state index contributed by atoms with van der Waals surface area (Å²) >= 11 is 0. The summed E-state index contributed by atoms with van der Waals surface area (Å²) in [4.78, 5) is 15.6. The quantitative estimate of drug-likeness (QED) is 0.433. The van der Waals surface area contributed by atoms with Gasteiger partial charge in [-0.05, 0) is 54.8 Å². The van der Waals surface area contributed by atoms with Crippen LogP contribution in [-0.4, -0.2) is 45.3 Å². The number of hydrogen-bond donors (Lipinski definition) is 0. The lowest BCUT2D eigenvalue weighted by Gasteiger charge is -2.30. The molecule has 7 nitrogen and oxygen atoms in total. The second kappa shape index (κ2) is 9.95. The van der Waals surface area contributed by atoms with E-state index in [0.29, 0.717) is 41.7 Å². The largest absolute Gasteiger partial charge is 0.497 e. The zero-order valence-corrected chi connectivity index (χ0v) is 20.9. The van der Waals surface area contributed by atoms with Crippen LogP contribution in [0.25, 0.3) is 6.08 Å². The number of carbonyl (C=O) groups excluding carboxylic acids is 1. The summed E-state index contributed by atoms with van der Waals surface area (Å²) in [5.74, 6) is 3.43. The normalized spacial score (nSPS) is 15.7. The van der Waals surface area contributed by atoms with Gasteiger partial charge >= 0.3 is 0 Å². The Labute approximate surface area is 210 Å². The summed E-state index contributed by atoms with van der Waals surface area (Å²) < 4.78 is 28.5. The second-order valence-corrected chi connectivity index (χ2v) is 8.82. The number of methoxy groups -OCH3 is 3. The van der Waals surface area contributed by atoms with Gasteiger partial charge in [-0.2, -0.15) is 0 Å². The van der Waals surface area contributed by atoms with E-state index in [2.05, 4.69) is 17.0 Å². The summed E-state index contributed by atoms with van der Waals surface area (Å²) in [5, 5.41) is 0. The number of benzene rings is 3. The third-order valence-electron chi connectivity index (χ3n) is 6.58. The second-order valence-electron chi connectivity index (χ2n) is 8.82. The fourth-order valence-electron chi connectivity index (χ4n) is 4.67. The molecule has 0 saturated carbocycles. The summed E-state index contributed by atoms with van der Waals surface area (Å²) in [6.07, 6.45) is 2.58. The van der Waals surface area contributed by atoms with Crippen molar-refractivity contribution in [1.29, 1.82) is 0 Å². The van der Waals surface area contributed by atoms with Crippen molar-refractivity contribution in [3.8, 4) is 28.7 Å². The highest BCUT2D eigenvalue weighted by Crippen LogP contribution is 2.44. The third kappa shape index (κ3) is 4.38. The standard InChI is InChI=1S/C29H29NO6/c1-18-14-24-22(16-30(17-35-24)13-12-19-8-10-21(32-2)11-9-19)29-26(18)27(31)25(36-29)15-20-6-5-7-23(33-3)28(20)34-4/h5-11,14-15H,12-13,16-17H2,1-4H3/b25-15+. The fourth-order valence-corrected chi connectivity index (χ4v) is 4.67. The van der Waals surface area contributed by atoms with Crippen LogP contribution in [0.4, 0.5) is 0 Å². The van der Waals surface area contributed by atoms with Gasteiger partial charge in [0, 0.05) is 18.7 Å². The maximum absolute atomic E-state index is 13.4. The van der Waals surface area contributed by atoms with Gasteiger partial charge in [-0.3, -0.25) is 9.69 Å². The van der Waals surface area contributed by atoms with Gasteiger partial charge in [0.2, 0.25) is 5.78 Å². The lowest BCUT2D eigenvalue weighted by atomic mass is 9.98. The molecule has 2 aliphatic rings. The van der Waals surface area contributed by atoms with E-state index >= 15 is 0 Å². The van der Waals surface area contributed by atoms with Crippen LogP contribution in [0.1, 0.15) is 32.6 Å². The minimum absolute atomic E-state index is 0.148. The van der Waals surface area contributed by atoms with Gasteiger partial charge in [0.15, 0.2) is 17.3 Å². The van der Waals surface area contributed by atoms with Crippen molar-refractivity contribution < 1.29 is 28.5 Å². The van der Waals surface area contributed by atoms with E-state index < -0.39 is 0 Å². The van der Waals surface area contributed by atoms with Crippen LogP contribution in [0.2, 0.25) is 0 Å². The lowest BCUT2D eigenvalue weighted by Crippen LogP contribution is -2.33. The molecule has 0 fully saturated rings. The molecule has 5 rings (SSSR count). The molecular formula is C29H29NO6. The molecule has 2 aliphatic heterocycles. The van der Waals surface area contributed by atoms with Gasteiger partial charge in [-0.1, -0.05) is 24.3 Å². The molecule has 3 aromatic rings. The monoisotopic (exact) mass is 487 g/mol. The van der Waals surface area contributed by atoms with E-state index in [1.165, 1.54) is 5.56 Å². The van der Waals surface area contributed by atoms with Crippen LogP contribution in [0.5, 0.6) is 28.7 Å². The van der Waals surface area contributed by atoms with Crippen molar-refractivity contribution in [2.45, 2.75) is 19.9 Å². The van der Waals surface area contributed by atoms with E-state index in [1.54, 1.807) is 27.4 Å². The van der Waals surface area contributed by atoms with E-state index in [0.717, 1.165) is 35.6 Å². The molecule has 0 atom stereocenters. The zero-order chi connectivity index (χ0) is 25.2. The van der Waals surface area contributed by atoms with Crippen LogP contribution >= 0.6 is 0 Å². The van der Waals surface area contributed by atoms with Crippen molar-refractivity contribution >= 4 is 11.9 Å². The molecule has 0 amide bonds. The highest BCUT2D eigenvalue weighted by atomic mass is 16.5. The van der Waals surface area contributed by atoms with Crippen molar-refractivity contribution in [3.05, 3.63) is 82.1 Å². The summed E-state index contributed by atoms with van der Waals surface area (Å²) in [6, 6.07) is 15.5. The number of hydrogen-bond acceptors (Lipinski definition) is 7. The van der Waals surface area contributed by atoms with Crippen molar-refractivity contribution in [1.82, 2.24) is 4.90 Å². The number of nitrogens with zero attached hydrogens (tertiary/aromatic N) is 1. The maximum atomic E-state index is 13.4. The minimum Gasteiger partial charge on any atom is -0.497 e. The number of ketones is 1. The molecule has 0 spiro atoms. The first-order valence-corrected chi connectivity index (χ1v) is 11.8. The van der Waals surface area contributed by atoms with Gasteiger partial charge in [0.05, 0.1) is 32.5 Å². The Balaban J connectivity index is 1.40. The molecule has 0 aromatic heterocycles. The first-order valence-electron chi connectivity index (χ1n) is 11.8. The first kappa shape index (κ1) is 23.8. The number of carbonyl (C=O) groups is 1. The highest BCUT2D eigenvalue weighted by Gasteiger charge is 2.35.